The number of hydrogen-bond acceptors (Lipinski definition) is 2. The lowest BCUT2D eigenvalue weighted by atomic mass is 10.3. The minimum atomic E-state index is 0.348. The molecule has 0 aliphatic heterocycles. The summed E-state index contributed by atoms with van der Waals surface area (Å²) in [5.74, 6) is 0.546. The first-order valence-electron chi connectivity index (χ1n) is 5.77. The molecular formula is C11H26N4. The molecule has 3 N–H and O–H groups in total. The van der Waals surface area contributed by atoms with Gasteiger partial charge in [-0.1, -0.05) is 6.92 Å². The molecule has 0 aliphatic carbocycles. The van der Waals surface area contributed by atoms with E-state index in [1.165, 1.54) is 0 Å². The molecule has 0 spiro atoms. The fraction of sp³-hybridized carbons (Fsp3) is 0.909. The summed E-state index contributed by atoms with van der Waals surface area (Å²) in [6.45, 7) is 13.5. The highest BCUT2D eigenvalue weighted by Crippen LogP contribution is 1.96. The molecular weight excluding hydrogens is 188 g/mol. The Bertz CT molecular complexity index is 187. The van der Waals surface area contributed by atoms with Crippen LogP contribution in [0, 0.1) is 0 Å². The summed E-state index contributed by atoms with van der Waals surface area (Å²) < 4.78 is 0. The van der Waals surface area contributed by atoms with Crippen molar-refractivity contribution in [2.24, 2.45) is 10.7 Å². The molecule has 0 fully saturated rings. The van der Waals surface area contributed by atoms with Crippen LogP contribution in [-0.4, -0.2) is 42.6 Å². The van der Waals surface area contributed by atoms with E-state index < -0.39 is 0 Å². The molecule has 4 nitrogen and oxygen atoms in total. The van der Waals surface area contributed by atoms with Crippen molar-refractivity contribution in [3.8, 4) is 0 Å². The second-order valence-electron chi connectivity index (χ2n) is 4.29. The first-order valence-corrected chi connectivity index (χ1v) is 5.77. The maximum atomic E-state index is 5.70. The van der Waals surface area contributed by atoms with Crippen molar-refractivity contribution in [2.45, 2.75) is 46.7 Å². The summed E-state index contributed by atoms with van der Waals surface area (Å²) in [7, 11) is 0. The van der Waals surface area contributed by atoms with Crippen LogP contribution in [0.2, 0.25) is 0 Å². The predicted molar refractivity (Wildman–Crippen MR) is 67.1 cm³/mol. The van der Waals surface area contributed by atoms with Crippen molar-refractivity contribution in [1.82, 2.24) is 10.2 Å². The van der Waals surface area contributed by atoms with E-state index in [1.807, 2.05) is 0 Å². The van der Waals surface area contributed by atoms with Gasteiger partial charge in [0.25, 0.3) is 0 Å². The van der Waals surface area contributed by atoms with Gasteiger partial charge < -0.3 is 11.1 Å². The predicted octanol–water partition coefficient (Wildman–Crippen LogP) is 1.03. The van der Waals surface area contributed by atoms with Gasteiger partial charge in [-0.25, -0.2) is 0 Å². The van der Waals surface area contributed by atoms with Crippen molar-refractivity contribution in [2.75, 3.05) is 19.6 Å². The fourth-order valence-electron chi connectivity index (χ4n) is 1.42. The lowest BCUT2D eigenvalue weighted by Gasteiger charge is -2.23. The van der Waals surface area contributed by atoms with Crippen molar-refractivity contribution in [1.29, 1.82) is 0 Å². The second-order valence-corrected chi connectivity index (χ2v) is 4.29. The lowest BCUT2D eigenvalue weighted by Crippen LogP contribution is -2.38. The van der Waals surface area contributed by atoms with Crippen molar-refractivity contribution < 1.29 is 0 Å². The summed E-state index contributed by atoms with van der Waals surface area (Å²) in [6.07, 6.45) is 0. The zero-order valence-electron chi connectivity index (χ0n) is 10.7. The standard InChI is InChI=1S/C11H26N4/c1-6-15(10(4)5)8-7-13-11(12)14-9(2)3/h9-10H,6-8H2,1-5H3,(H3,12,13,14). The fourth-order valence-corrected chi connectivity index (χ4v) is 1.42. The van der Waals surface area contributed by atoms with Crippen LogP contribution in [0.1, 0.15) is 34.6 Å². The van der Waals surface area contributed by atoms with Gasteiger partial charge in [0, 0.05) is 18.6 Å². The van der Waals surface area contributed by atoms with Gasteiger partial charge >= 0.3 is 0 Å². The Kier molecular flexibility index (Phi) is 7.13. The minimum absolute atomic E-state index is 0.348. The normalized spacial score (nSPS) is 12.9. The molecule has 15 heavy (non-hydrogen) atoms. The molecule has 0 aliphatic rings. The summed E-state index contributed by atoms with van der Waals surface area (Å²) in [5, 5.41) is 3.07. The number of nitrogens with zero attached hydrogens (tertiary/aromatic N) is 2. The van der Waals surface area contributed by atoms with Crippen LogP contribution in [0.4, 0.5) is 0 Å². The Morgan fingerprint density at radius 2 is 1.93 bits per heavy atom. The van der Waals surface area contributed by atoms with E-state index in [-0.39, 0.29) is 0 Å². The monoisotopic (exact) mass is 214 g/mol. The lowest BCUT2D eigenvalue weighted by molar-refractivity contribution is 0.240. The van der Waals surface area contributed by atoms with Gasteiger partial charge in [0.05, 0.1) is 6.54 Å². The minimum Gasteiger partial charge on any atom is -0.370 e. The second kappa shape index (κ2) is 7.51. The number of rotatable bonds is 6. The third-order valence-electron chi connectivity index (χ3n) is 2.24. The molecule has 0 saturated carbocycles. The molecule has 0 aromatic heterocycles. The summed E-state index contributed by atoms with van der Waals surface area (Å²) in [5.41, 5.74) is 5.70. The largest absolute Gasteiger partial charge is 0.370 e. The Balaban J connectivity index is 3.84. The molecule has 0 rings (SSSR count). The zero-order chi connectivity index (χ0) is 11.8. The highest BCUT2D eigenvalue weighted by Gasteiger charge is 2.05. The highest BCUT2D eigenvalue weighted by molar-refractivity contribution is 5.78. The van der Waals surface area contributed by atoms with Crippen LogP contribution in [0.3, 0.4) is 0 Å². The average molecular weight is 214 g/mol. The van der Waals surface area contributed by atoms with Crippen LogP contribution >= 0.6 is 0 Å². The smallest absolute Gasteiger partial charge is 0.188 e. The van der Waals surface area contributed by atoms with Crippen molar-refractivity contribution >= 4 is 5.96 Å². The number of nitrogens with two attached hydrogens (primary N) is 1. The van der Waals surface area contributed by atoms with E-state index >= 15 is 0 Å². The van der Waals surface area contributed by atoms with Crippen LogP contribution in [0.15, 0.2) is 4.99 Å². The maximum Gasteiger partial charge on any atom is 0.188 e. The molecule has 90 valence electrons. The molecule has 0 radical (unpaired) electrons. The third kappa shape index (κ3) is 7.19. The number of hydrogen-bond donors (Lipinski definition) is 2. The van der Waals surface area contributed by atoms with Crippen molar-refractivity contribution in [3.05, 3.63) is 0 Å². The summed E-state index contributed by atoms with van der Waals surface area (Å²) in [6, 6.07) is 0.922. The molecule has 0 heterocycles. The topological polar surface area (TPSA) is 53.6 Å². The van der Waals surface area contributed by atoms with Gasteiger partial charge in [0.2, 0.25) is 0 Å². The van der Waals surface area contributed by atoms with E-state index in [0.29, 0.717) is 18.0 Å². The van der Waals surface area contributed by atoms with E-state index in [2.05, 4.69) is 49.8 Å². The third-order valence-corrected chi connectivity index (χ3v) is 2.24. The van der Waals surface area contributed by atoms with Crippen LogP contribution in [0.5, 0.6) is 0 Å². The van der Waals surface area contributed by atoms with Gasteiger partial charge in [-0.2, -0.15) is 0 Å². The van der Waals surface area contributed by atoms with Gasteiger partial charge in [0.15, 0.2) is 5.96 Å². The highest BCUT2D eigenvalue weighted by atomic mass is 15.2. The molecule has 0 unspecified atom stereocenters. The van der Waals surface area contributed by atoms with E-state index in [4.69, 9.17) is 5.73 Å². The Labute approximate surface area is 93.9 Å². The molecule has 0 atom stereocenters. The van der Waals surface area contributed by atoms with Crippen LogP contribution in [0.25, 0.3) is 0 Å². The molecule has 0 saturated heterocycles. The molecule has 0 aromatic carbocycles. The van der Waals surface area contributed by atoms with Crippen LogP contribution in [-0.2, 0) is 0 Å². The van der Waals surface area contributed by atoms with E-state index in [1.54, 1.807) is 0 Å². The van der Waals surface area contributed by atoms with E-state index in [9.17, 15) is 0 Å². The number of likely N-dealkylation sites (N-methyl/N-ethyl adjacent to an activating group) is 1. The van der Waals surface area contributed by atoms with Gasteiger partial charge in [-0.3, -0.25) is 9.89 Å². The molecule has 0 aromatic rings. The zero-order valence-corrected chi connectivity index (χ0v) is 10.7. The van der Waals surface area contributed by atoms with Gasteiger partial charge in [-0.15, -0.1) is 0 Å². The Morgan fingerprint density at radius 3 is 2.33 bits per heavy atom. The Hall–Kier alpha value is -0.770. The summed E-state index contributed by atoms with van der Waals surface area (Å²) in [4.78, 5) is 6.64. The molecule has 0 bridgehead atoms. The van der Waals surface area contributed by atoms with Gasteiger partial charge in [0.1, 0.15) is 0 Å². The summed E-state index contributed by atoms with van der Waals surface area (Å²) >= 11 is 0. The quantitative estimate of drug-likeness (QED) is 0.513. The number of guanidine groups is 1. The molecule has 4 heteroatoms. The first kappa shape index (κ1) is 14.2. The number of nitrogens with one attached hydrogen (secondary N) is 1. The maximum absolute atomic E-state index is 5.70. The average Bonchev–Trinajstić information content (AvgIpc) is 2.10. The Morgan fingerprint density at radius 1 is 1.33 bits per heavy atom. The number of aliphatic imine (C=N–C) groups is 1. The van der Waals surface area contributed by atoms with E-state index in [0.717, 1.165) is 19.6 Å². The van der Waals surface area contributed by atoms with Gasteiger partial charge in [-0.05, 0) is 34.2 Å². The SMILES string of the molecule is CCN(CCN=C(N)NC(C)C)C(C)C. The van der Waals surface area contributed by atoms with Crippen LogP contribution < -0.4 is 11.1 Å². The first-order chi connectivity index (χ1) is 6.97. The van der Waals surface area contributed by atoms with Crippen molar-refractivity contribution in [3.63, 3.8) is 0 Å². The molecule has 0 amide bonds.